The largest absolute Gasteiger partial charge is 0.457 e. The van der Waals surface area contributed by atoms with Crippen LogP contribution in [0.4, 0.5) is 0 Å². The minimum Gasteiger partial charge on any atom is -0.457 e. The van der Waals surface area contributed by atoms with E-state index in [9.17, 15) is 4.79 Å². The fourth-order valence-corrected chi connectivity index (χ4v) is 1.96. The Morgan fingerprint density at radius 2 is 1.90 bits per heavy atom. The Balaban J connectivity index is 2.11. The highest BCUT2D eigenvalue weighted by molar-refractivity contribution is 7.80. The van der Waals surface area contributed by atoms with Gasteiger partial charge < -0.3 is 10.1 Å². The first kappa shape index (κ1) is 14.5. The minimum atomic E-state index is -0.0807. The number of carbonyl (C=O) groups is 1. The molecule has 1 N–H and O–H groups in total. The van der Waals surface area contributed by atoms with E-state index in [0.717, 1.165) is 17.1 Å². The first-order valence-corrected chi connectivity index (χ1v) is 7.06. The van der Waals surface area contributed by atoms with E-state index >= 15 is 0 Å². The van der Waals surface area contributed by atoms with E-state index in [2.05, 4.69) is 17.9 Å². The number of ether oxygens (including phenoxy) is 1. The number of para-hydroxylation sites is 1. The number of nitrogens with one attached hydrogen (secondary N) is 1. The molecule has 0 aromatic heterocycles. The highest BCUT2D eigenvalue weighted by atomic mass is 32.1. The molecule has 2 rings (SSSR count). The Bertz CT molecular complexity index is 584. The molecule has 0 aliphatic heterocycles. The van der Waals surface area contributed by atoms with E-state index in [0.29, 0.717) is 17.9 Å². The fourth-order valence-electron chi connectivity index (χ4n) is 1.84. The van der Waals surface area contributed by atoms with Crippen LogP contribution in [0.15, 0.2) is 48.5 Å². The van der Waals surface area contributed by atoms with Gasteiger partial charge in [0, 0.05) is 17.9 Å². The van der Waals surface area contributed by atoms with Gasteiger partial charge in [-0.2, -0.15) is 12.6 Å². The van der Waals surface area contributed by atoms with Crippen LogP contribution in [0.2, 0.25) is 0 Å². The highest BCUT2D eigenvalue weighted by Gasteiger charge is 2.09. The minimum absolute atomic E-state index is 0.0807. The maximum absolute atomic E-state index is 11.9. The van der Waals surface area contributed by atoms with Crippen molar-refractivity contribution in [3.63, 3.8) is 0 Å². The lowest BCUT2D eigenvalue weighted by molar-refractivity contribution is 0.0955. The van der Waals surface area contributed by atoms with Gasteiger partial charge in [-0.05, 0) is 42.8 Å². The van der Waals surface area contributed by atoms with Gasteiger partial charge in [0.15, 0.2) is 0 Å². The quantitative estimate of drug-likeness (QED) is 0.827. The predicted molar refractivity (Wildman–Crippen MR) is 83.9 cm³/mol. The third kappa shape index (κ3) is 3.78. The SMILES string of the molecule is Cc1cc(Oc2ccccc2)ccc1C(=O)NCCS. The van der Waals surface area contributed by atoms with Crippen LogP contribution >= 0.6 is 12.6 Å². The van der Waals surface area contributed by atoms with Crippen molar-refractivity contribution in [2.45, 2.75) is 6.92 Å². The summed E-state index contributed by atoms with van der Waals surface area (Å²) in [6.45, 7) is 2.46. The molecule has 0 aliphatic rings. The summed E-state index contributed by atoms with van der Waals surface area (Å²) in [6.07, 6.45) is 0. The monoisotopic (exact) mass is 287 g/mol. The topological polar surface area (TPSA) is 38.3 Å². The van der Waals surface area contributed by atoms with E-state index in [4.69, 9.17) is 4.74 Å². The Labute approximate surface area is 124 Å². The van der Waals surface area contributed by atoms with Gasteiger partial charge in [-0.15, -0.1) is 0 Å². The van der Waals surface area contributed by atoms with E-state index < -0.39 is 0 Å². The molecule has 0 aliphatic carbocycles. The molecule has 20 heavy (non-hydrogen) atoms. The molecule has 4 heteroatoms. The second-order valence-corrected chi connectivity index (χ2v) is 4.82. The zero-order valence-corrected chi connectivity index (χ0v) is 12.2. The smallest absolute Gasteiger partial charge is 0.251 e. The summed E-state index contributed by atoms with van der Waals surface area (Å²) in [5, 5.41) is 2.80. The second-order valence-electron chi connectivity index (χ2n) is 4.37. The van der Waals surface area contributed by atoms with Gasteiger partial charge in [0.05, 0.1) is 0 Å². The number of benzene rings is 2. The second kappa shape index (κ2) is 7.01. The Morgan fingerprint density at radius 1 is 1.15 bits per heavy atom. The molecule has 2 aromatic carbocycles. The van der Waals surface area contributed by atoms with Crippen molar-refractivity contribution < 1.29 is 9.53 Å². The molecular formula is C16H17NO2S. The van der Waals surface area contributed by atoms with Crippen LogP contribution in [-0.2, 0) is 0 Å². The third-order valence-electron chi connectivity index (χ3n) is 2.82. The number of amides is 1. The van der Waals surface area contributed by atoms with Gasteiger partial charge >= 0.3 is 0 Å². The summed E-state index contributed by atoms with van der Waals surface area (Å²) in [5.74, 6) is 2.04. The summed E-state index contributed by atoms with van der Waals surface area (Å²) in [7, 11) is 0. The van der Waals surface area contributed by atoms with E-state index in [1.165, 1.54) is 0 Å². The van der Waals surface area contributed by atoms with Crippen LogP contribution in [-0.4, -0.2) is 18.2 Å². The van der Waals surface area contributed by atoms with E-state index in [-0.39, 0.29) is 5.91 Å². The normalized spacial score (nSPS) is 10.1. The van der Waals surface area contributed by atoms with Gasteiger partial charge in [-0.3, -0.25) is 4.79 Å². The molecule has 2 aromatic rings. The lowest BCUT2D eigenvalue weighted by Crippen LogP contribution is -2.25. The number of hydrogen-bond acceptors (Lipinski definition) is 3. The van der Waals surface area contributed by atoms with Crippen LogP contribution in [0.5, 0.6) is 11.5 Å². The maximum Gasteiger partial charge on any atom is 0.251 e. The average molecular weight is 287 g/mol. The summed E-state index contributed by atoms with van der Waals surface area (Å²) >= 11 is 4.07. The van der Waals surface area contributed by atoms with Gasteiger partial charge in [0.25, 0.3) is 5.91 Å². The molecule has 0 atom stereocenters. The van der Waals surface area contributed by atoms with Crippen molar-refractivity contribution in [1.29, 1.82) is 0 Å². The molecule has 0 saturated heterocycles. The average Bonchev–Trinajstić information content (AvgIpc) is 2.46. The first-order valence-electron chi connectivity index (χ1n) is 6.43. The molecule has 0 unspecified atom stereocenters. The highest BCUT2D eigenvalue weighted by Crippen LogP contribution is 2.23. The van der Waals surface area contributed by atoms with Crippen molar-refractivity contribution in [2.75, 3.05) is 12.3 Å². The summed E-state index contributed by atoms with van der Waals surface area (Å²) in [6, 6.07) is 15.0. The van der Waals surface area contributed by atoms with Gasteiger partial charge in [-0.1, -0.05) is 18.2 Å². The number of carbonyl (C=O) groups excluding carboxylic acids is 1. The number of rotatable bonds is 5. The zero-order chi connectivity index (χ0) is 14.4. The number of thiol groups is 1. The molecule has 0 heterocycles. The van der Waals surface area contributed by atoms with Crippen molar-refractivity contribution in [1.82, 2.24) is 5.32 Å². The molecule has 1 amide bonds. The van der Waals surface area contributed by atoms with Gasteiger partial charge in [-0.25, -0.2) is 0 Å². The van der Waals surface area contributed by atoms with Crippen LogP contribution in [0.25, 0.3) is 0 Å². The number of hydrogen-bond donors (Lipinski definition) is 2. The van der Waals surface area contributed by atoms with Gasteiger partial charge in [0.2, 0.25) is 0 Å². The van der Waals surface area contributed by atoms with Crippen molar-refractivity contribution in [3.05, 3.63) is 59.7 Å². The molecule has 104 valence electrons. The lowest BCUT2D eigenvalue weighted by atomic mass is 10.1. The Hall–Kier alpha value is -1.94. The van der Waals surface area contributed by atoms with Gasteiger partial charge in [0.1, 0.15) is 11.5 Å². The molecular weight excluding hydrogens is 270 g/mol. The third-order valence-corrected chi connectivity index (χ3v) is 3.04. The van der Waals surface area contributed by atoms with E-state index in [1.807, 2.05) is 43.3 Å². The molecule has 0 fully saturated rings. The molecule has 0 spiro atoms. The van der Waals surface area contributed by atoms with Crippen LogP contribution < -0.4 is 10.1 Å². The fraction of sp³-hybridized carbons (Fsp3) is 0.188. The van der Waals surface area contributed by atoms with E-state index in [1.54, 1.807) is 12.1 Å². The lowest BCUT2D eigenvalue weighted by Gasteiger charge is -2.10. The van der Waals surface area contributed by atoms with Crippen molar-refractivity contribution in [3.8, 4) is 11.5 Å². The van der Waals surface area contributed by atoms with Crippen LogP contribution in [0.1, 0.15) is 15.9 Å². The van der Waals surface area contributed by atoms with Crippen LogP contribution in [0, 0.1) is 6.92 Å². The maximum atomic E-state index is 11.9. The zero-order valence-electron chi connectivity index (χ0n) is 11.3. The summed E-state index contributed by atoms with van der Waals surface area (Å²) in [5.41, 5.74) is 1.54. The predicted octanol–water partition coefficient (Wildman–Crippen LogP) is 3.45. The Morgan fingerprint density at radius 3 is 2.55 bits per heavy atom. The van der Waals surface area contributed by atoms with Crippen molar-refractivity contribution >= 4 is 18.5 Å². The summed E-state index contributed by atoms with van der Waals surface area (Å²) in [4.78, 5) is 11.9. The van der Waals surface area contributed by atoms with Crippen molar-refractivity contribution in [2.24, 2.45) is 0 Å². The van der Waals surface area contributed by atoms with Crippen LogP contribution in [0.3, 0.4) is 0 Å². The molecule has 0 radical (unpaired) electrons. The number of aryl methyl sites for hydroxylation is 1. The Kier molecular flexibility index (Phi) is 5.07. The molecule has 0 bridgehead atoms. The standard InChI is InChI=1S/C16H17NO2S/c1-12-11-14(19-13-5-3-2-4-6-13)7-8-15(12)16(18)17-9-10-20/h2-8,11,20H,9-10H2,1H3,(H,17,18). The summed E-state index contributed by atoms with van der Waals surface area (Å²) < 4.78 is 5.73. The first-order chi connectivity index (χ1) is 9.70. The molecule has 0 saturated carbocycles. The molecule has 3 nitrogen and oxygen atoms in total.